The summed E-state index contributed by atoms with van der Waals surface area (Å²) in [7, 11) is 2.12. The van der Waals surface area contributed by atoms with Crippen molar-refractivity contribution in [3.63, 3.8) is 0 Å². The van der Waals surface area contributed by atoms with Gasteiger partial charge in [0.15, 0.2) is 0 Å². The van der Waals surface area contributed by atoms with Crippen LogP contribution in [-0.4, -0.2) is 36.8 Å². The average molecular weight is 183 g/mol. The van der Waals surface area contributed by atoms with Gasteiger partial charge in [-0.25, -0.2) is 0 Å². The van der Waals surface area contributed by atoms with Crippen molar-refractivity contribution in [3.05, 3.63) is 0 Å². The Morgan fingerprint density at radius 3 is 2.54 bits per heavy atom. The fourth-order valence-corrected chi connectivity index (χ4v) is 1.15. The summed E-state index contributed by atoms with van der Waals surface area (Å²) in [5.41, 5.74) is 0. The standard InChI is InChI=1S/C11H21NO/c1-3-4-6-9-12(2)10-7-5-8-11-13/h13H,5-11H2,1-2H3. The molecule has 2 heteroatoms. The van der Waals surface area contributed by atoms with Gasteiger partial charge in [0.2, 0.25) is 0 Å². The van der Waals surface area contributed by atoms with E-state index in [1.807, 2.05) is 6.92 Å². The number of hydrogen-bond donors (Lipinski definition) is 1. The number of rotatable bonds is 7. The Morgan fingerprint density at radius 2 is 1.92 bits per heavy atom. The van der Waals surface area contributed by atoms with Crippen LogP contribution in [0.5, 0.6) is 0 Å². The van der Waals surface area contributed by atoms with Crippen molar-refractivity contribution in [3.8, 4) is 11.8 Å². The Hall–Kier alpha value is -0.520. The number of nitrogens with zero attached hydrogens (tertiary/aromatic N) is 1. The summed E-state index contributed by atoms with van der Waals surface area (Å²) in [6.07, 6.45) is 4.20. The molecular weight excluding hydrogens is 162 g/mol. The molecule has 0 aliphatic rings. The van der Waals surface area contributed by atoms with Crippen molar-refractivity contribution in [2.75, 3.05) is 26.7 Å². The largest absolute Gasteiger partial charge is 0.396 e. The molecule has 2 nitrogen and oxygen atoms in total. The molecule has 0 aromatic heterocycles. The molecule has 0 unspecified atom stereocenters. The van der Waals surface area contributed by atoms with E-state index in [-0.39, 0.29) is 0 Å². The summed E-state index contributed by atoms with van der Waals surface area (Å²) in [4.78, 5) is 2.29. The minimum absolute atomic E-state index is 0.324. The highest BCUT2D eigenvalue weighted by atomic mass is 16.2. The molecule has 0 bridgehead atoms. The Kier molecular flexibility index (Phi) is 9.18. The second-order valence-electron chi connectivity index (χ2n) is 3.26. The van der Waals surface area contributed by atoms with Crippen LogP contribution in [0.3, 0.4) is 0 Å². The van der Waals surface area contributed by atoms with Crippen molar-refractivity contribution >= 4 is 0 Å². The molecular formula is C11H21NO. The molecule has 0 aromatic carbocycles. The number of aliphatic hydroxyl groups excluding tert-OH is 1. The first kappa shape index (κ1) is 12.5. The average Bonchev–Trinajstić information content (AvgIpc) is 2.13. The number of aliphatic hydroxyl groups is 1. The van der Waals surface area contributed by atoms with Crippen molar-refractivity contribution in [2.24, 2.45) is 0 Å². The van der Waals surface area contributed by atoms with E-state index in [0.29, 0.717) is 6.61 Å². The summed E-state index contributed by atoms with van der Waals surface area (Å²) in [6, 6.07) is 0. The fourth-order valence-electron chi connectivity index (χ4n) is 1.15. The molecule has 0 fully saturated rings. The van der Waals surface area contributed by atoms with Gasteiger partial charge in [0.05, 0.1) is 0 Å². The predicted molar refractivity (Wildman–Crippen MR) is 56.5 cm³/mol. The Morgan fingerprint density at radius 1 is 1.15 bits per heavy atom. The second-order valence-corrected chi connectivity index (χ2v) is 3.26. The maximum absolute atomic E-state index is 8.57. The maximum atomic E-state index is 8.57. The second kappa shape index (κ2) is 9.57. The molecule has 0 amide bonds. The van der Waals surface area contributed by atoms with Gasteiger partial charge in [-0.1, -0.05) is 0 Å². The lowest BCUT2D eigenvalue weighted by Crippen LogP contribution is -2.20. The Bertz CT molecular complexity index is 157. The van der Waals surface area contributed by atoms with Crippen LogP contribution in [0.4, 0.5) is 0 Å². The SMILES string of the molecule is CC#CCCN(C)CCCCCO. The molecule has 0 saturated carbocycles. The van der Waals surface area contributed by atoms with Crippen LogP contribution in [0.2, 0.25) is 0 Å². The van der Waals surface area contributed by atoms with E-state index in [0.717, 1.165) is 32.4 Å². The van der Waals surface area contributed by atoms with E-state index < -0.39 is 0 Å². The quantitative estimate of drug-likeness (QED) is 0.477. The highest BCUT2D eigenvalue weighted by Gasteiger charge is 1.95. The minimum Gasteiger partial charge on any atom is -0.396 e. The van der Waals surface area contributed by atoms with Crippen LogP contribution < -0.4 is 0 Å². The lowest BCUT2D eigenvalue weighted by Gasteiger charge is -2.14. The van der Waals surface area contributed by atoms with Gasteiger partial charge in [-0.2, -0.15) is 0 Å². The van der Waals surface area contributed by atoms with Gasteiger partial charge in [0.1, 0.15) is 0 Å². The zero-order valence-electron chi connectivity index (χ0n) is 8.84. The third-order valence-electron chi connectivity index (χ3n) is 1.99. The molecule has 0 atom stereocenters. The Labute approximate surface area is 81.9 Å². The molecule has 0 rings (SSSR count). The molecule has 0 radical (unpaired) electrons. The van der Waals surface area contributed by atoms with Gasteiger partial charge in [-0.3, -0.25) is 0 Å². The normalized spacial score (nSPS) is 9.85. The molecule has 1 N–H and O–H groups in total. The van der Waals surface area contributed by atoms with E-state index >= 15 is 0 Å². The first-order chi connectivity index (χ1) is 6.31. The van der Waals surface area contributed by atoms with Crippen LogP contribution >= 0.6 is 0 Å². The van der Waals surface area contributed by atoms with Crippen LogP contribution in [-0.2, 0) is 0 Å². The van der Waals surface area contributed by atoms with Crippen molar-refractivity contribution in [1.29, 1.82) is 0 Å². The van der Waals surface area contributed by atoms with Crippen LogP contribution in [0.25, 0.3) is 0 Å². The van der Waals surface area contributed by atoms with Gasteiger partial charge in [0.25, 0.3) is 0 Å². The first-order valence-electron chi connectivity index (χ1n) is 5.00. The van der Waals surface area contributed by atoms with E-state index in [9.17, 15) is 0 Å². The van der Waals surface area contributed by atoms with E-state index in [1.165, 1.54) is 6.42 Å². The molecule has 0 aliphatic carbocycles. The summed E-state index contributed by atoms with van der Waals surface area (Å²) in [5.74, 6) is 5.94. The third-order valence-corrected chi connectivity index (χ3v) is 1.99. The smallest absolute Gasteiger partial charge is 0.0431 e. The molecule has 0 aromatic rings. The van der Waals surface area contributed by atoms with Crippen molar-refractivity contribution in [2.45, 2.75) is 32.6 Å². The lowest BCUT2D eigenvalue weighted by molar-refractivity contribution is 0.274. The summed E-state index contributed by atoms with van der Waals surface area (Å²) in [5, 5.41) is 8.57. The van der Waals surface area contributed by atoms with Gasteiger partial charge >= 0.3 is 0 Å². The number of unbranched alkanes of at least 4 members (excludes halogenated alkanes) is 2. The monoisotopic (exact) mass is 183 g/mol. The lowest BCUT2D eigenvalue weighted by atomic mass is 10.2. The van der Waals surface area contributed by atoms with Crippen LogP contribution in [0.1, 0.15) is 32.6 Å². The summed E-state index contributed by atoms with van der Waals surface area (Å²) >= 11 is 0. The van der Waals surface area contributed by atoms with Crippen molar-refractivity contribution < 1.29 is 5.11 Å². The minimum atomic E-state index is 0.324. The van der Waals surface area contributed by atoms with Gasteiger partial charge in [-0.05, 0) is 39.8 Å². The molecule has 0 saturated heterocycles. The topological polar surface area (TPSA) is 23.5 Å². The number of hydrogen-bond acceptors (Lipinski definition) is 2. The molecule has 13 heavy (non-hydrogen) atoms. The maximum Gasteiger partial charge on any atom is 0.0431 e. The van der Waals surface area contributed by atoms with Gasteiger partial charge < -0.3 is 10.0 Å². The van der Waals surface area contributed by atoms with Gasteiger partial charge in [-0.15, -0.1) is 11.8 Å². The van der Waals surface area contributed by atoms with Gasteiger partial charge in [0, 0.05) is 19.6 Å². The van der Waals surface area contributed by atoms with Crippen LogP contribution in [0, 0.1) is 11.8 Å². The highest BCUT2D eigenvalue weighted by molar-refractivity contribution is 4.95. The molecule has 76 valence electrons. The zero-order chi connectivity index (χ0) is 9.94. The Balaban J connectivity index is 3.18. The van der Waals surface area contributed by atoms with E-state index in [4.69, 9.17) is 5.11 Å². The van der Waals surface area contributed by atoms with E-state index in [1.54, 1.807) is 0 Å². The zero-order valence-corrected chi connectivity index (χ0v) is 8.84. The predicted octanol–water partition coefficient (Wildman–Crippen LogP) is 1.49. The van der Waals surface area contributed by atoms with Crippen molar-refractivity contribution in [1.82, 2.24) is 4.90 Å². The van der Waals surface area contributed by atoms with Crippen LogP contribution in [0.15, 0.2) is 0 Å². The van der Waals surface area contributed by atoms with E-state index in [2.05, 4.69) is 23.8 Å². The first-order valence-corrected chi connectivity index (χ1v) is 5.00. The molecule has 0 aliphatic heterocycles. The fraction of sp³-hybridized carbons (Fsp3) is 0.818. The highest BCUT2D eigenvalue weighted by Crippen LogP contribution is 1.96. The third kappa shape index (κ3) is 9.39. The summed E-state index contributed by atoms with van der Waals surface area (Å²) in [6.45, 7) is 4.37. The summed E-state index contributed by atoms with van der Waals surface area (Å²) < 4.78 is 0. The molecule has 0 heterocycles. The molecule has 0 spiro atoms.